The van der Waals surface area contributed by atoms with Crippen LogP contribution in [0.5, 0.6) is 0 Å². The van der Waals surface area contributed by atoms with E-state index in [0.29, 0.717) is 11.8 Å². The number of benzene rings is 4. The molecule has 5 aromatic carbocycles. The fourth-order valence-electron chi connectivity index (χ4n) is 4.51. The summed E-state index contributed by atoms with van der Waals surface area (Å²) in [5.74, 6) is 1.16. The first-order valence-corrected chi connectivity index (χ1v) is 14.7. The quantitative estimate of drug-likeness (QED) is 0.259. The molecule has 0 radical (unpaired) electrons. The van der Waals surface area contributed by atoms with Crippen LogP contribution in [0.25, 0.3) is 11.1 Å². The first-order chi connectivity index (χ1) is 18.4. The van der Waals surface area contributed by atoms with Gasteiger partial charge in [0, 0.05) is 0 Å². The molecule has 0 saturated carbocycles. The van der Waals surface area contributed by atoms with Crippen LogP contribution in [0.2, 0.25) is 0 Å². The van der Waals surface area contributed by atoms with Gasteiger partial charge in [0.1, 0.15) is 0 Å². The Morgan fingerprint density at radius 3 is 1.68 bits per heavy atom. The molecule has 3 heteroatoms. The Morgan fingerprint density at radius 2 is 1.20 bits per heavy atom. The summed E-state index contributed by atoms with van der Waals surface area (Å²) in [6, 6.07) is 46.1. The Bertz CT molecular complexity index is 1320. The van der Waals surface area contributed by atoms with Crippen molar-refractivity contribution in [2.24, 2.45) is 0 Å². The average molecular weight is 643 g/mol. The van der Waals surface area contributed by atoms with E-state index >= 15 is 0 Å². The Balaban J connectivity index is 0.000000235. The molecule has 0 fully saturated rings. The molecule has 6 rings (SSSR count). The Morgan fingerprint density at radius 1 is 0.675 bits per heavy atom. The van der Waals surface area contributed by atoms with Gasteiger partial charge in [0.05, 0.1) is 0 Å². The summed E-state index contributed by atoms with van der Waals surface area (Å²) < 4.78 is 1.42. The maximum atomic E-state index is 3.49. The molecular weight excluding hydrogens is 607 g/mol. The van der Waals surface area contributed by atoms with Crippen molar-refractivity contribution < 1.29 is 49.0 Å². The summed E-state index contributed by atoms with van der Waals surface area (Å²) in [5, 5.41) is 0. The predicted molar refractivity (Wildman–Crippen MR) is 160 cm³/mol. The second-order valence-electron chi connectivity index (χ2n) is 10.3. The van der Waals surface area contributed by atoms with Gasteiger partial charge in [0.2, 0.25) is 0 Å². The predicted octanol–water partition coefficient (Wildman–Crippen LogP) is 3.52. The summed E-state index contributed by atoms with van der Waals surface area (Å²) in [5.41, 5.74) is 11.1. The van der Waals surface area contributed by atoms with Gasteiger partial charge in [-0.15, -0.1) is 5.56 Å². The van der Waals surface area contributed by atoms with Crippen molar-refractivity contribution >= 4 is 3.21 Å². The summed E-state index contributed by atoms with van der Waals surface area (Å²) in [4.78, 5) is 0. The molecule has 0 N–H and O–H groups in total. The summed E-state index contributed by atoms with van der Waals surface area (Å²) in [6.07, 6.45) is 1.04. The number of halogens is 2. The first kappa shape index (κ1) is 33.8. The molecule has 0 spiro atoms. The van der Waals surface area contributed by atoms with Crippen LogP contribution in [0.15, 0.2) is 121 Å². The Hall–Kier alpha value is -2.44. The van der Waals surface area contributed by atoms with Crippen LogP contribution in [0.3, 0.4) is 0 Å². The zero-order valence-electron chi connectivity index (χ0n) is 23.7. The van der Waals surface area contributed by atoms with Crippen LogP contribution in [-0.2, 0) is 30.7 Å². The Labute approximate surface area is 268 Å². The average Bonchev–Trinajstić information content (AvgIpc) is 3.65. The van der Waals surface area contributed by atoms with Gasteiger partial charge in [-0.1, -0.05) is 62.9 Å². The third-order valence-electron chi connectivity index (χ3n) is 6.85. The van der Waals surface area contributed by atoms with E-state index in [4.69, 9.17) is 0 Å². The van der Waals surface area contributed by atoms with Crippen molar-refractivity contribution in [2.45, 2.75) is 46.0 Å². The van der Waals surface area contributed by atoms with E-state index in [2.05, 4.69) is 125 Å². The normalized spacial score (nSPS) is 10.6. The van der Waals surface area contributed by atoms with Crippen molar-refractivity contribution in [3.8, 4) is 11.1 Å². The second kappa shape index (κ2) is 16.7. The number of hydrogen-bond donors (Lipinski definition) is 0. The molecule has 0 aliphatic heterocycles. The van der Waals surface area contributed by atoms with E-state index in [0.717, 1.165) is 6.42 Å². The molecule has 0 heterocycles. The molecule has 0 unspecified atom stereocenters. The molecule has 0 atom stereocenters. The maximum absolute atomic E-state index is 3.49. The molecule has 1 aliphatic carbocycles. The van der Waals surface area contributed by atoms with Crippen LogP contribution in [-0.4, -0.2) is 3.21 Å². The van der Waals surface area contributed by atoms with E-state index in [-0.39, 0.29) is 24.8 Å². The molecule has 5 aromatic rings. The first-order valence-electron chi connectivity index (χ1n) is 13.5. The number of hydrogen-bond acceptors (Lipinski definition) is 0. The summed E-state index contributed by atoms with van der Waals surface area (Å²) >= 11 is 1.46. The zero-order valence-corrected chi connectivity index (χ0v) is 27.6. The third kappa shape index (κ3) is 9.04. The van der Waals surface area contributed by atoms with Crippen LogP contribution in [0, 0.1) is 6.07 Å². The third-order valence-corrected chi connectivity index (χ3v) is 8.27. The van der Waals surface area contributed by atoms with Gasteiger partial charge < -0.3 is 24.8 Å². The number of rotatable bonds is 4. The van der Waals surface area contributed by atoms with Crippen molar-refractivity contribution in [2.75, 3.05) is 0 Å². The summed E-state index contributed by atoms with van der Waals surface area (Å²) in [6.45, 7) is 9.01. The molecule has 40 heavy (non-hydrogen) atoms. The minimum atomic E-state index is 0. The molecule has 1 aliphatic rings. The molecule has 0 saturated heterocycles. The smallest absolute Gasteiger partial charge is 0.172 e. The van der Waals surface area contributed by atoms with Gasteiger partial charge in [-0.3, -0.25) is 0 Å². The van der Waals surface area contributed by atoms with Gasteiger partial charge in [-0.2, -0.15) is 47.5 Å². The molecule has 0 aromatic heterocycles. The van der Waals surface area contributed by atoms with Crippen molar-refractivity contribution in [3.63, 3.8) is 0 Å². The van der Waals surface area contributed by atoms with E-state index in [1.54, 1.807) is 0 Å². The van der Waals surface area contributed by atoms with Crippen LogP contribution in [0.1, 0.15) is 72.9 Å². The number of fused-ring (bicyclic) bond motifs is 3. The largest absolute Gasteiger partial charge is 0.214 e. The molecule has 0 nitrogen and oxygen atoms in total. The van der Waals surface area contributed by atoms with Gasteiger partial charge in [0.15, 0.2) is 0 Å². The van der Waals surface area contributed by atoms with Gasteiger partial charge in [-0.25, -0.2) is 12.1 Å². The van der Waals surface area contributed by atoms with Gasteiger partial charge in [0.25, 0.3) is 0 Å². The van der Waals surface area contributed by atoms with Crippen molar-refractivity contribution in [1.29, 1.82) is 0 Å². The van der Waals surface area contributed by atoms with Crippen molar-refractivity contribution in [3.05, 3.63) is 161 Å². The molecule has 204 valence electrons. The topological polar surface area (TPSA) is 0 Å². The fraction of sp³-hybridized carbons (Fsp3) is 0.189. The van der Waals surface area contributed by atoms with E-state index in [1.165, 1.54) is 71.9 Å². The minimum Gasteiger partial charge on any atom is -0.214 e. The van der Waals surface area contributed by atoms with Crippen LogP contribution in [0.4, 0.5) is 0 Å². The van der Waals surface area contributed by atoms with Crippen LogP contribution >= 0.6 is 0 Å². The monoisotopic (exact) mass is 640 g/mol. The van der Waals surface area contributed by atoms with Crippen LogP contribution < -0.4 is 24.8 Å². The summed E-state index contributed by atoms with van der Waals surface area (Å²) in [7, 11) is 0. The minimum absolute atomic E-state index is 0. The van der Waals surface area contributed by atoms with Gasteiger partial charge in [-0.05, 0) is 17.9 Å². The molecule has 0 amide bonds. The molecular formula is C37H36Cl2Zr-2. The second-order valence-corrected chi connectivity index (χ2v) is 11.5. The van der Waals surface area contributed by atoms with Gasteiger partial charge >= 0.3 is 99.2 Å². The van der Waals surface area contributed by atoms with E-state index in [9.17, 15) is 0 Å². The maximum Gasteiger partial charge on any atom is -0.172 e. The fourth-order valence-corrected chi connectivity index (χ4v) is 5.33. The Kier molecular flexibility index (Phi) is 14.1. The van der Waals surface area contributed by atoms with E-state index < -0.39 is 0 Å². The SMILES string of the molecule is CC(C)c1c[c-]c2c(c1)-c1cc(C(C)C)ccc1C2.[Cl-].[Cl-].[Zr+2]=[C](c1ccccc1)c1ccccc1.c1cc[cH-]c1. The van der Waals surface area contributed by atoms with Crippen molar-refractivity contribution in [1.82, 2.24) is 0 Å². The molecule has 0 bridgehead atoms. The zero-order chi connectivity index (χ0) is 26.9. The van der Waals surface area contributed by atoms with E-state index in [1.807, 2.05) is 30.3 Å². The standard InChI is InChI=1S/C19H21.C13H10.C5H5.2ClH.Zr/c1-12(2)14-5-7-16-9-17-8-6-15(13(3)4)11-19(17)18(16)10-14;1-3-7-12(8-4-1)11-13-9-5-2-6-10-13;1-2-4-5-3-1;;;/h5-7,10-13H,9H2,1-4H3;1-10H;1-5H;2*1H;/q-1;;-1;;;+2/p-2.